The number of pyridine rings is 1. The molecule has 0 saturated carbocycles. The second-order valence-corrected chi connectivity index (χ2v) is 6.99. The van der Waals surface area contributed by atoms with E-state index in [0.717, 1.165) is 11.8 Å². The van der Waals surface area contributed by atoms with Gasteiger partial charge in [0.1, 0.15) is 5.65 Å². The zero-order valence-corrected chi connectivity index (χ0v) is 12.9. The van der Waals surface area contributed by atoms with Crippen LogP contribution in [0.1, 0.15) is 11.3 Å². The average Bonchev–Trinajstić information content (AvgIpc) is 2.88. The van der Waals surface area contributed by atoms with Gasteiger partial charge >= 0.3 is 0 Å². The molecule has 0 spiro atoms. The van der Waals surface area contributed by atoms with Crippen molar-refractivity contribution in [3.8, 4) is 0 Å². The minimum Gasteiger partial charge on any atom is -0.316 e. The fourth-order valence-electron chi connectivity index (χ4n) is 2.31. The number of hydrogen-bond donors (Lipinski definition) is 0. The predicted molar refractivity (Wildman–Crippen MR) is 80.6 cm³/mol. The molecule has 0 aromatic carbocycles. The van der Waals surface area contributed by atoms with Crippen LogP contribution in [-0.4, -0.2) is 33.6 Å². The van der Waals surface area contributed by atoms with E-state index in [1.807, 2.05) is 13.0 Å². The molecule has 3 heterocycles. The smallest absolute Gasteiger partial charge is 0.258 e. The molecule has 0 bridgehead atoms. The molecule has 0 aliphatic heterocycles. The largest absolute Gasteiger partial charge is 0.316 e. The normalized spacial score (nSPS) is 11.9. The molecule has 0 N–H and O–H groups in total. The van der Waals surface area contributed by atoms with E-state index in [0.29, 0.717) is 11.3 Å². The van der Waals surface area contributed by atoms with Crippen molar-refractivity contribution in [2.45, 2.75) is 18.6 Å². The van der Waals surface area contributed by atoms with Crippen molar-refractivity contribution >= 4 is 15.5 Å². The summed E-state index contributed by atoms with van der Waals surface area (Å²) in [7, 11) is -3.43. The summed E-state index contributed by atoms with van der Waals surface area (Å²) >= 11 is 0. The summed E-state index contributed by atoms with van der Waals surface area (Å²) in [6.45, 7) is 2.03. The van der Waals surface area contributed by atoms with E-state index >= 15 is 0 Å². The van der Waals surface area contributed by atoms with Crippen molar-refractivity contribution in [2.75, 3.05) is 6.26 Å². The molecule has 0 saturated heterocycles. The minimum atomic E-state index is -3.43. The third-order valence-corrected chi connectivity index (χ3v) is 4.28. The highest BCUT2D eigenvalue weighted by Gasteiger charge is 2.15. The molecule has 0 unspecified atom stereocenters. The van der Waals surface area contributed by atoms with Crippen LogP contribution in [0, 0.1) is 6.92 Å². The Morgan fingerprint density at radius 2 is 2.05 bits per heavy atom. The van der Waals surface area contributed by atoms with Gasteiger partial charge in [0.15, 0.2) is 0 Å². The lowest BCUT2D eigenvalue weighted by Crippen LogP contribution is -2.18. The summed E-state index contributed by atoms with van der Waals surface area (Å²) in [5.74, 6) is 0. The zero-order chi connectivity index (χ0) is 15.9. The molecule has 22 heavy (non-hydrogen) atoms. The Morgan fingerprint density at radius 1 is 1.27 bits per heavy atom. The van der Waals surface area contributed by atoms with Crippen molar-refractivity contribution in [1.82, 2.24) is 18.9 Å². The number of nitrogens with zero attached hydrogens (tertiary/aromatic N) is 4. The highest BCUT2D eigenvalue weighted by Crippen LogP contribution is 2.10. The molecular formula is C14H14N4O3S. The van der Waals surface area contributed by atoms with Crippen molar-refractivity contribution in [1.29, 1.82) is 0 Å². The Morgan fingerprint density at radius 3 is 2.77 bits per heavy atom. The van der Waals surface area contributed by atoms with Crippen LogP contribution in [0.3, 0.4) is 0 Å². The highest BCUT2D eigenvalue weighted by atomic mass is 32.2. The van der Waals surface area contributed by atoms with Crippen LogP contribution in [0.5, 0.6) is 0 Å². The van der Waals surface area contributed by atoms with E-state index in [-0.39, 0.29) is 17.3 Å². The fraction of sp³-hybridized carbons (Fsp3) is 0.214. The van der Waals surface area contributed by atoms with Gasteiger partial charge in [0, 0.05) is 30.9 Å². The quantitative estimate of drug-likeness (QED) is 0.708. The average molecular weight is 318 g/mol. The summed E-state index contributed by atoms with van der Waals surface area (Å²) in [5, 5.41) is -0.0423. The van der Waals surface area contributed by atoms with Gasteiger partial charge in [-0.15, -0.1) is 0 Å². The van der Waals surface area contributed by atoms with Gasteiger partial charge in [-0.1, -0.05) is 6.07 Å². The van der Waals surface area contributed by atoms with Crippen molar-refractivity contribution in [2.24, 2.45) is 0 Å². The van der Waals surface area contributed by atoms with Crippen LogP contribution in [0.4, 0.5) is 0 Å². The summed E-state index contributed by atoms with van der Waals surface area (Å²) in [5.41, 5.74) is 1.72. The van der Waals surface area contributed by atoms with Crippen LogP contribution in [0.2, 0.25) is 0 Å². The maximum atomic E-state index is 12.1. The molecule has 0 amide bonds. The Hall–Kier alpha value is -2.48. The van der Waals surface area contributed by atoms with E-state index in [9.17, 15) is 13.2 Å². The van der Waals surface area contributed by atoms with Crippen LogP contribution >= 0.6 is 0 Å². The molecule has 0 fully saturated rings. The Kier molecular flexibility index (Phi) is 3.32. The molecule has 3 rings (SSSR count). The number of aromatic nitrogens is 4. The van der Waals surface area contributed by atoms with Gasteiger partial charge in [-0.05, 0) is 18.6 Å². The molecule has 0 radical (unpaired) electrons. The van der Waals surface area contributed by atoms with Crippen molar-refractivity contribution < 1.29 is 8.42 Å². The summed E-state index contributed by atoms with van der Waals surface area (Å²) in [6, 6.07) is 5.05. The van der Waals surface area contributed by atoms with Crippen LogP contribution in [0.25, 0.3) is 5.65 Å². The van der Waals surface area contributed by atoms with Gasteiger partial charge in [0.25, 0.3) is 5.56 Å². The topological polar surface area (TPSA) is 86.3 Å². The van der Waals surface area contributed by atoms with E-state index in [2.05, 4.69) is 9.97 Å². The van der Waals surface area contributed by atoms with Crippen LogP contribution in [0.15, 0.2) is 46.7 Å². The number of rotatable bonds is 3. The lowest BCUT2D eigenvalue weighted by atomic mass is 10.3. The summed E-state index contributed by atoms with van der Waals surface area (Å²) < 4.78 is 26.3. The van der Waals surface area contributed by atoms with Crippen LogP contribution in [-0.2, 0) is 16.4 Å². The van der Waals surface area contributed by atoms with Gasteiger partial charge in [-0.2, -0.15) is 0 Å². The van der Waals surface area contributed by atoms with Gasteiger partial charge in [0.05, 0.1) is 12.2 Å². The molecule has 3 aromatic rings. The number of aryl methyl sites for hydroxylation is 1. The second-order valence-electron chi connectivity index (χ2n) is 5.08. The van der Waals surface area contributed by atoms with E-state index < -0.39 is 9.84 Å². The zero-order valence-electron chi connectivity index (χ0n) is 12.1. The standard InChI is InChI=1S/C14H14N4O3S/c1-10-4-3-6-18-12(19)8-11(16-13(10)18)9-17-7-5-15-14(17)22(2,20)21/h3-8H,9H2,1-2H3. The van der Waals surface area contributed by atoms with Gasteiger partial charge in [-0.25, -0.2) is 18.4 Å². The first-order chi connectivity index (χ1) is 10.4. The predicted octanol–water partition coefficient (Wildman–Crippen LogP) is 0.651. The van der Waals surface area contributed by atoms with Gasteiger partial charge in [-0.3, -0.25) is 9.20 Å². The van der Waals surface area contributed by atoms with Crippen LogP contribution < -0.4 is 5.56 Å². The first kappa shape index (κ1) is 14.5. The molecule has 3 aromatic heterocycles. The van der Waals surface area contributed by atoms with Crippen molar-refractivity contribution in [3.63, 3.8) is 0 Å². The third kappa shape index (κ3) is 2.52. The SMILES string of the molecule is Cc1cccn2c(=O)cc(Cn3ccnc3S(C)(=O)=O)nc12. The number of imidazole rings is 1. The Bertz CT molecular complexity index is 1020. The fourth-order valence-corrected chi connectivity index (χ4v) is 3.11. The Labute approximate surface area is 126 Å². The maximum absolute atomic E-state index is 12.1. The second kappa shape index (κ2) is 5.06. The minimum absolute atomic E-state index is 0.0423. The summed E-state index contributed by atoms with van der Waals surface area (Å²) in [6.07, 6.45) is 5.71. The third-order valence-electron chi connectivity index (χ3n) is 3.28. The Balaban J connectivity index is 2.11. The lowest BCUT2D eigenvalue weighted by molar-refractivity contribution is 0.577. The van der Waals surface area contributed by atoms with E-state index in [1.165, 1.54) is 21.2 Å². The lowest BCUT2D eigenvalue weighted by Gasteiger charge is -2.08. The van der Waals surface area contributed by atoms with E-state index in [1.54, 1.807) is 18.5 Å². The van der Waals surface area contributed by atoms with Crippen molar-refractivity contribution in [3.05, 3.63) is 58.4 Å². The molecule has 114 valence electrons. The molecule has 7 nitrogen and oxygen atoms in total. The molecular weight excluding hydrogens is 304 g/mol. The van der Waals surface area contributed by atoms with Gasteiger partial charge in [0.2, 0.25) is 15.0 Å². The molecule has 8 heteroatoms. The molecule has 0 atom stereocenters. The highest BCUT2D eigenvalue weighted by molar-refractivity contribution is 7.90. The summed E-state index contributed by atoms with van der Waals surface area (Å²) in [4.78, 5) is 20.4. The molecule has 0 aliphatic carbocycles. The van der Waals surface area contributed by atoms with E-state index in [4.69, 9.17) is 0 Å². The first-order valence-electron chi connectivity index (χ1n) is 6.55. The maximum Gasteiger partial charge on any atom is 0.258 e. The first-order valence-corrected chi connectivity index (χ1v) is 8.44. The monoisotopic (exact) mass is 318 g/mol. The number of sulfone groups is 1. The van der Waals surface area contributed by atoms with Gasteiger partial charge < -0.3 is 4.57 Å². The number of fused-ring (bicyclic) bond motifs is 1. The number of hydrogen-bond acceptors (Lipinski definition) is 5. The molecule has 0 aliphatic rings.